The van der Waals surface area contributed by atoms with Crippen molar-refractivity contribution in [2.24, 2.45) is 5.84 Å². The van der Waals surface area contributed by atoms with E-state index in [0.29, 0.717) is 0 Å². The number of hydrazine groups is 1. The first-order valence-electron chi connectivity index (χ1n) is 5.94. The van der Waals surface area contributed by atoms with Crippen LogP contribution in [-0.4, -0.2) is 9.97 Å². The normalized spacial score (nSPS) is 12.4. The molecule has 4 nitrogen and oxygen atoms in total. The summed E-state index contributed by atoms with van der Waals surface area (Å²) in [6.07, 6.45) is 1.76. The van der Waals surface area contributed by atoms with Crippen molar-refractivity contribution in [3.05, 3.63) is 58.7 Å². The smallest absolute Gasteiger partial charge is 0.125 e. The van der Waals surface area contributed by atoms with Gasteiger partial charge in [-0.05, 0) is 38.0 Å². The molecular formula is C14H18N4. The minimum absolute atomic E-state index is 0.105. The Morgan fingerprint density at radius 1 is 1.17 bits per heavy atom. The number of nitrogens with zero attached hydrogens (tertiary/aromatic N) is 2. The molecule has 1 heterocycles. The van der Waals surface area contributed by atoms with Gasteiger partial charge in [-0.2, -0.15) is 0 Å². The fourth-order valence-corrected chi connectivity index (χ4v) is 2.04. The van der Waals surface area contributed by atoms with Crippen molar-refractivity contribution < 1.29 is 0 Å². The molecule has 0 aliphatic heterocycles. The summed E-state index contributed by atoms with van der Waals surface area (Å²) in [5, 5.41) is 0. The van der Waals surface area contributed by atoms with Gasteiger partial charge in [0.15, 0.2) is 0 Å². The average Bonchev–Trinajstić information content (AvgIpc) is 2.35. The van der Waals surface area contributed by atoms with Gasteiger partial charge in [0, 0.05) is 6.20 Å². The minimum atomic E-state index is -0.105. The van der Waals surface area contributed by atoms with E-state index in [-0.39, 0.29) is 6.04 Å². The largest absolute Gasteiger partial charge is 0.271 e. The molecule has 1 aromatic carbocycles. The summed E-state index contributed by atoms with van der Waals surface area (Å²) >= 11 is 0. The number of benzene rings is 1. The second-order valence-electron chi connectivity index (χ2n) is 4.49. The zero-order valence-electron chi connectivity index (χ0n) is 10.9. The summed E-state index contributed by atoms with van der Waals surface area (Å²) in [5.74, 6) is 6.44. The maximum atomic E-state index is 5.70. The third kappa shape index (κ3) is 2.55. The third-order valence-corrected chi connectivity index (χ3v) is 3.01. The number of aryl methyl sites for hydroxylation is 3. The lowest BCUT2D eigenvalue weighted by atomic mass is 9.97. The van der Waals surface area contributed by atoms with Crippen LogP contribution in [0.1, 0.15) is 34.3 Å². The molecule has 0 fully saturated rings. The summed E-state index contributed by atoms with van der Waals surface area (Å²) in [5.41, 5.74) is 7.28. The van der Waals surface area contributed by atoms with E-state index in [9.17, 15) is 0 Å². The van der Waals surface area contributed by atoms with Gasteiger partial charge in [0.2, 0.25) is 0 Å². The third-order valence-electron chi connectivity index (χ3n) is 3.01. The number of hydrogen-bond acceptors (Lipinski definition) is 4. The van der Waals surface area contributed by atoms with Crippen LogP contribution in [0.15, 0.2) is 30.5 Å². The van der Waals surface area contributed by atoms with Gasteiger partial charge < -0.3 is 0 Å². The van der Waals surface area contributed by atoms with Crippen molar-refractivity contribution in [2.45, 2.75) is 26.8 Å². The molecule has 1 atom stereocenters. The van der Waals surface area contributed by atoms with Gasteiger partial charge in [-0.3, -0.25) is 5.84 Å². The van der Waals surface area contributed by atoms with Crippen LogP contribution in [0.4, 0.5) is 0 Å². The predicted octanol–water partition coefficient (Wildman–Crippen LogP) is 1.95. The monoisotopic (exact) mass is 242 g/mol. The van der Waals surface area contributed by atoms with Crippen LogP contribution in [0.3, 0.4) is 0 Å². The predicted molar refractivity (Wildman–Crippen MR) is 71.9 cm³/mol. The maximum absolute atomic E-state index is 5.70. The SMILES string of the molecule is Cc1ccc(C)c(C(NN)c2ccnc(C)n2)c1. The molecule has 18 heavy (non-hydrogen) atoms. The molecule has 0 spiro atoms. The molecule has 0 radical (unpaired) electrons. The van der Waals surface area contributed by atoms with Crippen LogP contribution in [-0.2, 0) is 0 Å². The highest BCUT2D eigenvalue weighted by atomic mass is 15.2. The molecule has 4 heteroatoms. The number of hydrogen-bond donors (Lipinski definition) is 2. The highest BCUT2D eigenvalue weighted by Crippen LogP contribution is 2.23. The Morgan fingerprint density at radius 3 is 2.61 bits per heavy atom. The number of rotatable bonds is 3. The molecule has 0 aliphatic carbocycles. The quantitative estimate of drug-likeness (QED) is 0.638. The number of nitrogens with two attached hydrogens (primary N) is 1. The summed E-state index contributed by atoms with van der Waals surface area (Å²) < 4.78 is 0. The Morgan fingerprint density at radius 2 is 1.94 bits per heavy atom. The van der Waals surface area contributed by atoms with E-state index in [1.807, 2.05) is 13.0 Å². The maximum Gasteiger partial charge on any atom is 0.125 e. The Bertz CT molecular complexity index is 551. The lowest BCUT2D eigenvalue weighted by Crippen LogP contribution is -2.30. The van der Waals surface area contributed by atoms with Gasteiger partial charge in [-0.15, -0.1) is 0 Å². The van der Waals surface area contributed by atoms with Crippen molar-refractivity contribution in [1.82, 2.24) is 15.4 Å². The van der Waals surface area contributed by atoms with Gasteiger partial charge in [-0.1, -0.05) is 23.8 Å². The first-order valence-corrected chi connectivity index (χ1v) is 5.94. The molecule has 0 bridgehead atoms. The van der Waals surface area contributed by atoms with Gasteiger partial charge in [0.1, 0.15) is 5.82 Å². The van der Waals surface area contributed by atoms with Crippen molar-refractivity contribution in [1.29, 1.82) is 0 Å². The van der Waals surface area contributed by atoms with Crippen molar-refractivity contribution in [3.63, 3.8) is 0 Å². The fourth-order valence-electron chi connectivity index (χ4n) is 2.04. The van der Waals surface area contributed by atoms with E-state index in [1.54, 1.807) is 6.20 Å². The fraction of sp³-hybridized carbons (Fsp3) is 0.286. The molecular weight excluding hydrogens is 224 g/mol. The van der Waals surface area contributed by atoms with E-state index in [0.717, 1.165) is 17.1 Å². The van der Waals surface area contributed by atoms with Gasteiger partial charge in [-0.25, -0.2) is 15.4 Å². The molecule has 0 saturated carbocycles. The molecule has 0 amide bonds. The van der Waals surface area contributed by atoms with E-state index < -0.39 is 0 Å². The van der Waals surface area contributed by atoms with Crippen LogP contribution >= 0.6 is 0 Å². The van der Waals surface area contributed by atoms with Crippen LogP contribution < -0.4 is 11.3 Å². The molecule has 2 rings (SSSR count). The van der Waals surface area contributed by atoms with Crippen LogP contribution in [0, 0.1) is 20.8 Å². The molecule has 2 aromatic rings. The molecule has 0 saturated heterocycles. The summed E-state index contributed by atoms with van der Waals surface area (Å²) in [4.78, 5) is 8.55. The van der Waals surface area contributed by atoms with Crippen LogP contribution in [0.5, 0.6) is 0 Å². The summed E-state index contributed by atoms with van der Waals surface area (Å²) in [6, 6.07) is 8.11. The Hall–Kier alpha value is -1.78. The van der Waals surface area contributed by atoms with E-state index in [2.05, 4.69) is 47.4 Å². The summed E-state index contributed by atoms with van der Waals surface area (Å²) in [7, 11) is 0. The number of aromatic nitrogens is 2. The van der Waals surface area contributed by atoms with Crippen LogP contribution in [0.2, 0.25) is 0 Å². The lowest BCUT2D eigenvalue weighted by molar-refractivity contribution is 0.613. The zero-order valence-corrected chi connectivity index (χ0v) is 10.9. The van der Waals surface area contributed by atoms with Crippen molar-refractivity contribution in [3.8, 4) is 0 Å². The lowest BCUT2D eigenvalue weighted by Gasteiger charge is -2.18. The second-order valence-corrected chi connectivity index (χ2v) is 4.49. The van der Waals surface area contributed by atoms with Gasteiger partial charge >= 0.3 is 0 Å². The summed E-state index contributed by atoms with van der Waals surface area (Å²) in [6.45, 7) is 6.02. The van der Waals surface area contributed by atoms with Crippen LogP contribution in [0.25, 0.3) is 0 Å². The molecule has 3 N–H and O–H groups in total. The Kier molecular flexibility index (Phi) is 3.69. The molecule has 1 unspecified atom stereocenters. The first-order chi connectivity index (χ1) is 8.61. The molecule has 1 aromatic heterocycles. The molecule has 0 aliphatic rings. The topological polar surface area (TPSA) is 63.8 Å². The molecule has 94 valence electrons. The second kappa shape index (κ2) is 5.25. The Labute approximate surface area is 107 Å². The number of nitrogens with one attached hydrogen (secondary N) is 1. The van der Waals surface area contributed by atoms with Gasteiger partial charge in [0.05, 0.1) is 11.7 Å². The zero-order chi connectivity index (χ0) is 13.1. The van der Waals surface area contributed by atoms with E-state index >= 15 is 0 Å². The van der Waals surface area contributed by atoms with Gasteiger partial charge in [0.25, 0.3) is 0 Å². The average molecular weight is 242 g/mol. The van der Waals surface area contributed by atoms with E-state index in [1.165, 1.54) is 11.1 Å². The van der Waals surface area contributed by atoms with Crippen molar-refractivity contribution >= 4 is 0 Å². The van der Waals surface area contributed by atoms with E-state index in [4.69, 9.17) is 5.84 Å². The first kappa shape index (κ1) is 12.7. The minimum Gasteiger partial charge on any atom is -0.271 e. The Balaban J connectivity index is 2.48. The van der Waals surface area contributed by atoms with Crippen molar-refractivity contribution in [2.75, 3.05) is 0 Å². The highest BCUT2D eigenvalue weighted by Gasteiger charge is 2.16. The standard InChI is InChI=1S/C14H18N4/c1-9-4-5-10(2)12(8-9)14(18-15)13-6-7-16-11(3)17-13/h4-8,14,18H,15H2,1-3H3. The highest BCUT2D eigenvalue weighted by molar-refractivity contribution is 5.37.